The molecule has 2 nitrogen and oxygen atoms in total. The van der Waals surface area contributed by atoms with Gasteiger partial charge in [-0.2, -0.15) is 0 Å². The zero-order chi connectivity index (χ0) is 19.6. The van der Waals surface area contributed by atoms with Crippen molar-refractivity contribution in [3.05, 3.63) is 46.4 Å². The van der Waals surface area contributed by atoms with Crippen molar-refractivity contribution >= 4 is 0 Å². The van der Waals surface area contributed by atoms with Gasteiger partial charge in [-0.15, -0.1) is 12.2 Å². The maximum absolute atomic E-state index is 9.53. The van der Waals surface area contributed by atoms with E-state index < -0.39 is 12.2 Å². The fourth-order valence-corrected chi connectivity index (χ4v) is 3.37. The fraction of sp³-hybridized carbons (Fsp3) is 0.619. The zero-order valence-corrected chi connectivity index (χ0v) is 18.8. The van der Waals surface area contributed by atoms with Crippen molar-refractivity contribution in [1.82, 2.24) is 0 Å². The van der Waals surface area contributed by atoms with Crippen LogP contribution in [0.25, 0.3) is 0 Å². The molecular weight excluding hydrogens is 332 g/mol. The molecule has 0 radical (unpaired) electrons. The van der Waals surface area contributed by atoms with E-state index in [0.29, 0.717) is 3.72 Å². The first-order chi connectivity index (χ1) is 11.0. The van der Waals surface area contributed by atoms with E-state index in [9.17, 15) is 10.2 Å². The van der Waals surface area contributed by atoms with Crippen LogP contribution in [-0.4, -0.2) is 12.2 Å². The van der Waals surface area contributed by atoms with Gasteiger partial charge in [-0.1, -0.05) is 52.0 Å². The Balaban J connectivity index is -0.000000271. The van der Waals surface area contributed by atoms with Crippen LogP contribution >= 0.6 is 0 Å². The molecule has 0 fully saturated rings. The summed E-state index contributed by atoms with van der Waals surface area (Å²) in [5, 5.41) is 19.1. The second-order valence-electron chi connectivity index (χ2n) is 6.85. The Hall–Kier alpha value is -0.406. The molecule has 0 atom stereocenters. The SMILES string of the molecule is CC(C)[O-].CC(C)[O-].CC=CC=CC.C[C](C)(C)[Ti+2][C]1=CC=CC1. The van der Waals surface area contributed by atoms with Gasteiger partial charge in [0, 0.05) is 0 Å². The molecule has 0 aromatic heterocycles. The Morgan fingerprint density at radius 3 is 1.54 bits per heavy atom. The molecule has 0 bridgehead atoms. The minimum absolute atomic E-state index is 0.146. The van der Waals surface area contributed by atoms with Crippen LogP contribution in [0, 0.1) is 0 Å². The Bertz CT molecular complexity index is 348. The summed E-state index contributed by atoms with van der Waals surface area (Å²) in [6.07, 6.45) is 15.1. The van der Waals surface area contributed by atoms with Gasteiger partial charge in [-0.25, -0.2) is 0 Å². The fourth-order valence-electron chi connectivity index (χ4n) is 1.24. The summed E-state index contributed by atoms with van der Waals surface area (Å²) in [6.45, 7) is 17.5. The second-order valence-corrected chi connectivity index (χ2v) is 10.6. The van der Waals surface area contributed by atoms with Gasteiger partial charge in [-0.05, 0) is 13.8 Å². The van der Waals surface area contributed by atoms with E-state index in [1.54, 1.807) is 31.6 Å². The molecule has 0 heterocycles. The molecule has 0 saturated carbocycles. The van der Waals surface area contributed by atoms with Gasteiger partial charge >= 0.3 is 72.2 Å². The van der Waals surface area contributed by atoms with Crippen molar-refractivity contribution < 1.29 is 29.4 Å². The summed E-state index contributed by atoms with van der Waals surface area (Å²) in [4.78, 5) is 0. The van der Waals surface area contributed by atoms with Crippen LogP contribution in [0.3, 0.4) is 0 Å². The van der Waals surface area contributed by atoms with Crippen molar-refractivity contribution in [3.63, 3.8) is 0 Å². The summed E-state index contributed by atoms with van der Waals surface area (Å²) < 4.78 is 2.28. The standard InChI is InChI=1S/C6H10.C5H5.C4H9.2C3H7O.Ti/c1-3-5-6-4-2;1-2-4-5-3-1;1-4(2)3;2*1-3(2)4;/h3-6H,1-2H3;1-3H,4H2;1-3H3;2*3H,1-2H3;/q;;;2*-1;+2. The van der Waals surface area contributed by atoms with Crippen molar-refractivity contribution in [3.8, 4) is 0 Å². The van der Waals surface area contributed by atoms with Gasteiger partial charge in [0.25, 0.3) is 0 Å². The molecule has 0 saturated heterocycles. The Morgan fingerprint density at radius 2 is 1.33 bits per heavy atom. The van der Waals surface area contributed by atoms with Crippen LogP contribution in [0.1, 0.15) is 68.7 Å². The maximum atomic E-state index is 9.53. The van der Waals surface area contributed by atoms with E-state index in [0.717, 1.165) is 0 Å². The molecule has 0 aromatic carbocycles. The third-order valence-corrected chi connectivity index (χ3v) is 4.05. The van der Waals surface area contributed by atoms with Gasteiger partial charge in [0.15, 0.2) is 0 Å². The summed E-state index contributed by atoms with van der Waals surface area (Å²) in [7, 11) is 0. The first-order valence-corrected chi connectivity index (χ1v) is 10.2. The number of allylic oxidation sites excluding steroid dienone is 8. The van der Waals surface area contributed by atoms with E-state index in [-0.39, 0.29) is 19.2 Å². The summed E-state index contributed by atoms with van der Waals surface area (Å²) in [6, 6.07) is 0. The van der Waals surface area contributed by atoms with Crippen LogP contribution in [0.4, 0.5) is 0 Å². The van der Waals surface area contributed by atoms with E-state index in [2.05, 4.69) is 39.0 Å². The molecule has 0 spiro atoms. The minimum atomic E-state index is -0.417. The Kier molecular flexibility index (Phi) is 22.4. The summed E-state index contributed by atoms with van der Waals surface area (Å²) in [5.41, 5.74) is 0. The van der Waals surface area contributed by atoms with E-state index >= 15 is 0 Å². The normalized spacial score (nSPS) is 13.0. The average Bonchev–Trinajstić information content (AvgIpc) is 2.86. The monoisotopic (exact) mass is 370 g/mol. The molecule has 1 aliphatic carbocycles. The topological polar surface area (TPSA) is 46.1 Å². The van der Waals surface area contributed by atoms with E-state index in [1.165, 1.54) is 6.42 Å². The van der Waals surface area contributed by atoms with E-state index in [4.69, 9.17) is 0 Å². The predicted molar refractivity (Wildman–Crippen MR) is 101 cm³/mol. The molecule has 0 unspecified atom stereocenters. The number of hydrogen-bond donors (Lipinski definition) is 0. The first-order valence-electron chi connectivity index (χ1n) is 8.65. The van der Waals surface area contributed by atoms with Crippen molar-refractivity contribution in [1.29, 1.82) is 0 Å². The van der Waals surface area contributed by atoms with Gasteiger partial charge in [0.2, 0.25) is 0 Å². The molecule has 0 amide bonds. The van der Waals surface area contributed by atoms with Crippen LogP contribution in [0.15, 0.2) is 46.4 Å². The molecule has 24 heavy (non-hydrogen) atoms. The molecule has 0 aliphatic heterocycles. The Morgan fingerprint density at radius 1 is 0.958 bits per heavy atom. The molecule has 0 aromatic rings. The van der Waals surface area contributed by atoms with Crippen LogP contribution in [0.2, 0.25) is 3.72 Å². The molecule has 0 N–H and O–H groups in total. The van der Waals surface area contributed by atoms with Crippen molar-refractivity contribution in [2.24, 2.45) is 0 Å². The summed E-state index contributed by atoms with van der Waals surface area (Å²) >= 11 is 0.146. The number of rotatable bonds is 2. The van der Waals surface area contributed by atoms with Crippen molar-refractivity contribution in [2.75, 3.05) is 0 Å². The molecule has 1 aliphatic rings. The van der Waals surface area contributed by atoms with E-state index in [1.807, 2.05) is 38.2 Å². The van der Waals surface area contributed by atoms with Gasteiger partial charge < -0.3 is 10.2 Å². The predicted octanol–water partition coefficient (Wildman–Crippen LogP) is 4.78. The number of hydrogen-bond acceptors (Lipinski definition) is 2. The van der Waals surface area contributed by atoms with Crippen molar-refractivity contribution in [2.45, 2.75) is 84.7 Å². The first kappa shape index (κ1) is 28.4. The van der Waals surface area contributed by atoms with Gasteiger partial charge in [-0.3, -0.25) is 0 Å². The Labute approximate surface area is 160 Å². The average molecular weight is 370 g/mol. The molecule has 1 rings (SSSR count). The van der Waals surface area contributed by atoms with Crippen LogP contribution in [-0.2, 0) is 19.2 Å². The van der Waals surface area contributed by atoms with Gasteiger partial charge in [0.05, 0.1) is 0 Å². The summed E-state index contributed by atoms with van der Waals surface area (Å²) in [5.74, 6) is 0. The third-order valence-electron chi connectivity index (χ3n) is 1.80. The molecule has 3 heteroatoms. The molecule has 138 valence electrons. The second kappa shape index (κ2) is 18.9. The zero-order valence-electron chi connectivity index (χ0n) is 17.2. The van der Waals surface area contributed by atoms with Gasteiger partial charge in [0.1, 0.15) is 0 Å². The van der Waals surface area contributed by atoms with Crippen LogP contribution in [0.5, 0.6) is 0 Å². The van der Waals surface area contributed by atoms with Crippen LogP contribution < -0.4 is 10.2 Å². The molecular formula is C21H38O2Ti. The quantitative estimate of drug-likeness (QED) is 0.519. The third kappa shape index (κ3) is 43.0.